The number of ether oxygens (including phenoxy) is 1. The second-order valence-corrected chi connectivity index (χ2v) is 6.15. The van der Waals surface area contributed by atoms with Crippen LogP contribution in [0.3, 0.4) is 0 Å². The first-order chi connectivity index (χ1) is 9.54. The van der Waals surface area contributed by atoms with E-state index >= 15 is 0 Å². The van der Waals surface area contributed by atoms with E-state index in [1.54, 1.807) is 6.92 Å². The van der Waals surface area contributed by atoms with Gasteiger partial charge in [0.05, 0.1) is 12.8 Å². The maximum Gasteiger partial charge on any atom is 0.342 e. The number of sulfonamides is 1. The van der Waals surface area contributed by atoms with Gasteiger partial charge in [0.25, 0.3) is 10.0 Å². The summed E-state index contributed by atoms with van der Waals surface area (Å²) in [6.07, 6.45) is 2.82. The molecule has 3 N–H and O–H groups in total. The molecule has 0 aliphatic carbocycles. The number of nitrogens with zero attached hydrogens (tertiary/aromatic N) is 1. The predicted octanol–water partition coefficient (Wildman–Crippen LogP) is 0.0385. The topological polar surface area (TPSA) is 113 Å². The minimum atomic E-state index is -3.82. The Morgan fingerprint density at radius 2 is 2.33 bits per heavy atom. The number of aromatic amines is 1. The number of rotatable bonds is 5. The Labute approximate surface area is 129 Å². The van der Waals surface area contributed by atoms with Gasteiger partial charge in [-0.15, -0.1) is 12.4 Å². The highest BCUT2D eigenvalue weighted by atomic mass is 35.5. The molecular weight excluding hydrogens is 320 g/mol. The molecule has 0 aromatic carbocycles. The van der Waals surface area contributed by atoms with Crippen LogP contribution in [-0.4, -0.2) is 50.3 Å². The van der Waals surface area contributed by atoms with Crippen LogP contribution in [0.25, 0.3) is 0 Å². The minimum absolute atomic E-state index is 0. The van der Waals surface area contributed by atoms with Crippen molar-refractivity contribution in [1.29, 1.82) is 0 Å². The second-order valence-electron chi connectivity index (χ2n) is 4.50. The van der Waals surface area contributed by atoms with Gasteiger partial charge in [0.15, 0.2) is 5.03 Å². The number of carbonyl (C=O) groups is 1. The lowest BCUT2D eigenvalue weighted by molar-refractivity contribution is 0.0522. The van der Waals surface area contributed by atoms with E-state index in [1.165, 1.54) is 0 Å². The van der Waals surface area contributed by atoms with Gasteiger partial charge in [-0.1, -0.05) is 0 Å². The van der Waals surface area contributed by atoms with Crippen LogP contribution in [0.5, 0.6) is 0 Å². The van der Waals surface area contributed by atoms with E-state index in [2.05, 4.69) is 20.2 Å². The van der Waals surface area contributed by atoms with Crippen molar-refractivity contribution in [3.8, 4) is 0 Å². The Kier molecular flexibility index (Phi) is 6.59. The van der Waals surface area contributed by atoms with Crippen LogP contribution < -0.4 is 10.0 Å². The van der Waals surface area contributed by atoms with E-state index in [-0.39, 0.29) is 35.6 Å². The van der Waals surface area contributed by atoms with Gasteiger partial charge in [-0.3, -0.25) is 5.10 Å². The first kappa shape index (κ1) is 17.9. The SMILES string of the molecule is CCOC(=O)c1cn[nH]c1S(=O)(=O)NC1CCCNC1.Cl. The van der Waals surface area contributed by atoms with Gasteiger partial charge in [-0.05, 0) is 26.3 Å². The first-order valence-electron chi connectivity index (χ1n) is 6.48. The number of aromatic nitrogens is 2. The summed E-state index contributed by atoms with van der Waals surface area (Å²) in [5.41, 5.74) is -0.0804. The largest absolute Gasteiger partial charge is 0.462 e. The molecule has 21 heavy (non-hydrogen) atoms. The lowest BCUT2D eigenvalue weighted by Gasteiger charge is -2.23. The number of esters is 1. The van der Waals surface area contributed by atoms with Crippen LogP contribution in [0.15, 0.2) is 11.2 Å². The molecule has 8 nitrogen and oxygen atoms in total. The third-order valence-electron chi connectivity index (χ3n) is 2.99. The van der Waals surface area contributed by atoms with Gasteiger partial charge in [0, 0.05) is 12.6 Å². The van der Waals surface area contributed by atoms with Crippen molar-refractivity contribution >= 4 is 28.4 Å². The number of carbonyl (C=O) groups excluding carboxylic acids is 1. The molecule has 1 saturated heterocycles. The molecule has 2 heterocycles. The Balaban J connectivity index is 0.00000220. The maximum absolute atomic E-state index is 12.3. The zero-order chi connectivity index (χ0) is 14.6. The van der Waals surface area contributed by atoms with Crippen LogP contribution in [-0.2, 0) is 14.8 Å². The van der Waals surface area contributed by atoms with E-state index in [0.29, 0.717) is 6.54 Å². The average Bonchev–Trinajstić information content (AvgIpc) is 2.90. The number of nitrogens with one attached hydrogen (secondary N) is 3. The molecule has 0 amide bonds. The third kappa shape index (κ3) is 4.40. The number of hydrogen-bond acceptors (Lipinski definition) is 6. The predicted molar refractivity (Wildman–Crippen MR) is 78.0 cm³/mol. The molecular formula is C11H19ClN4O4S. The summed E-state index contributed by atoms with van der Waals surface area (Å²) in [5, 5.41) is 8.84. The normalized spacial score (nSPS) is 18.8. The monoisotopic (exact) mass is 338 g/mol. The van der Waals surface area contributed by atoms with Crippen LogP contribution in [0.1, 0.15) is 30.1 Å². The van der Waals surface area contributed by atoms with Crippen LogP contribution in [0.2, 0.25) is 0 Å². The van der Waals surface area contributed by atoms with Gasteiger partial charge >= 0.3 is 5.97 Å². The molecule has 0 saturated carbocycles. The zero-order valence-corrected chi connectivity index (χ0v) is 13.2. The summed E-state index contributed by atoms with van der Waals surface area (Å²) in [6.45, 7) is 3.28. The highest BCUT2D eigenvalue weighted by Crippen LogP contribution is 2.15. The van der Waals surface area contributed by atoms with E-state index in [1.807, 2.05) is 0 Å². The van der Waals surface area contributed by atoms with E-state index in [0.717, 1.165) is 25.6 Å². The average molecular weight is 339 g/mol. The Morgan fingerprint density at radius 1 is 1.57 bits per heavy atom. The lowest BCUT2D eigenvalue weighted by Crippen LogP contribution is -2.45. The lowest BCUT2D eigenvalue weighted by atomic mass is 10.1. The summed E-state index contributed by atoms with van der Waals surface area (Å²) in [4.78, 5) is 11.7. The summed E-state index contributed by atoms with van der Waals surface area (Å²) in [5.74, 6) is -0.705. The van der Waals surface area contributed by atoms with Crippen LogP contribution in [0.4, 0.5) is 0 Å². The molecule has 1 aliphatic heterocycles. The molecule has 2 rings (SSSR count). The fourth-order valence-electron chi connectivity index (χ4n) is 2.06. The van der Waals surface area contributed by atoms with Crippen molar-refractivity contribution in [3.05, 3.63) is 11.8 Å². The standard InChI is InChI=1S/C11H18N4O4S.ClH/c1-2-19-11(16)9-7-13-14-10(9)20(17,18)15-8-4-3-5-12-6-8;/h7-8,12,15H,2-6H2,1H3,(H,13,14);1H. The van der Waals surface area contributed by atoms with Crippen molar-refractivity contribution in [1.82, 2.24) is 20.2 Å². The molecule has 1 aliphatic rings. The molecule has 120 valence electrons. The third-order valence-corrected chi connectivity index (χ3v) is 4.48. The maximum atomic E-state index is 12.3. The van der Waals surface area contributed by atoms with Gasteiger partial charge < -0.3 is 10.1 Å². The smallest absolute Gasteiger partial charge is 0.342 e. The number of halogens is 1. The molecule has 0 bridgehead atoms. The summed E-state index contributed by atoms with van der Waals surface area (Å²) in [7, 11) is -3.82. The van der Waals surface area contributed by atoms with Crippen LogP contribution >= 0.6 is 12.4 Å². The van der Waals surface area contributed by atoms with E-state index in [4.69, 9.17) is 4.74 Å². The summed E-state index contributed by atoms with van der Waals surface area (Å²) >= 11 is 0. The molecule has 0 spiro atoms. The molecule has 1 fully saturated rings. The Morgan fingerprint density at radius 3 is 2.95 bits per heavy atom. The van der Waals surface area contributed by atoms with Gasteiger partial charge in [-0.2, -0.15) is 5.10 Å². The van der Waals surface area contributed by atoms with E-state index < -0.39 is 16.0 Å². The number of hydrogen-bond donors (Lipinski definition) is 3. The molecule has 10 heteroatoms. The quantitative estimate of drug-likeness (QED) is 0.653. The fourth-order valence-corrected chi connectivity index (χ4v) is 3.42. The van der Waals surface area contributed by atoms with Crippen molar-refractivity contribution in [2.45, 2.75) is 30.8 Å². The van der Waals surface area contributed by atoms with Crippen molar-refractivity contribution in [2.24, 2.45) is 0 Å². The van der Waals surface area contributed by atoms with Gasteiger partial charge in [0.1, 0.15) is 5.56 Å². The molecule has 1 unspecified atom stereocenters. The Hall–Kier alpha value is -1.16. The minimum Gasteiger partial charge on any atom is -0.462 e. The summed E-state index contributed by atoms with van der Waals surface area (Å²) < 4.78 is 31.9. The number of H-pyrrole nitrogens is 1. The Bertz CT molecular complexity index is 569. The second kappa shape index (κ2) is 7.74. The highest BCUT2D eigenvalue weighted by molar-refractivity contribution is 7.89. The summed E-state index contributed by atoms with van der Waals surface area (Å²) in [6, 6.07) is -0.188. The van der Waals surface area contributed by atoms with Crippen molar-refractivity contribution < 1.29 is 17.9 Å². The molecule has 1 aromatic heterocycles. The van der Waals surface area contributed by atoms with Gasteiger partial charge in [0.2, 0.25) is 0 Å². The molecule has 0 radical (unpaired) electrons. The van der Waals surface area contributed by atoms with E-state index in [9.17, 15) is 13.2 Å². The molecule has 1 aromatic rings. The number of piperidine rings is 1. The van der Waals surface area contributed by atoms with Crippen molar-refractivity contribution in [3.63, 3.8) is 0 Å². The zero-order valence-electron chi connectivity index (χ0n) is 11.6. The van der Waals surface area contributed by atoms with Crippen molar-refractivity contribution in [2.75, 3.05) is 19.7 Å². The first-order valence-corrected chi connectivity index (χ1v) is 7.96. The fraction of sp³-hybridized carbons (Fsp3) is 0.636. The molecule has 1 atom stereocenters. The highest BCUT2D eigenvalue weighted by Gasteiger charge is 2.28. The van der Waals surface area contributed by atoms with Gasteiger partial charge in [-0.25, -0.2) is 17.9 Å². The van der Waals surface area contributed by atoms with Crippen LogP contribution in [0, 0.1) is 0 Å².